The largest absolute Gasteiger partial charge is 0.478 e. The summed E-state index contributed by atoms with van der Waals surface area (Å²) in [6.45, 7) is 1.97. The molecule has 6 rings (SSSR count). The molecule has 0 radical (unpaired) electrons. The molecule has 1 atom stereocenters. The van der Waals surface area contributed by atoms with Gasteiger partial charge in [-0.3, -0.25) is 9.69 Å². The highest BCUT2D eigenvalue weighted by molar-refractivity contribution is 6.02. The van der Waals surface area contributed by atoms with Crippen LogP contribution in [0.1, 0.15) is 36.4 Å². The van der Waals surface area contributed by atoms with Crippen molar-refractivity contribution in [1.82, 2.24) is 4.90 Å². The Bertz CT molecular complexity index is 1370. The summed E-state index contributed by atoms with van der Waals surface area (Å²) in [6, 6.07) is 20.1. The fraction of sp³-hybridized carbons (Fsp3) is 0.276. The molecule has 190 valence electrons. The van der Waals surface area contributed by atoms with Gasteiger partial charge in [0.25, 0.3) is 0 Å². The average molecular weight is 503 g/mol. The number of amides is 1. The lowest BCUT2D eigenvalue weighted by Crippen LogP contribution is -2.67. The second-order valence-electron chi connectivity index (χ2n) is 9.73. The number of nitrogens with zero attached hydrogens (tertiary/aromatic N) is 2. The maximum Gasteiger partial charge on any atom is 0.328 e. The molecule has 0 aromatic heterocycles. The lowest BCUT2D eigenvalue weighted by molar-refractivity contribution is -0.134. The number of carbonyl (C=O) groups excluding carboxylic acids is 1. The second kappa shape index (κ2) is 9.78. The lowest BCUT2D eigenvalue weighted by atomic mass is 9.75. The summed E-state index contributed by atoms with van der Waals surface area (Å²) in [7, 11) is 0. The lowest BCUT2D eigenvalue weighted by Gasteiger charge is -2.56. The number of anilines is 1. The molecule has 2 N–H and O–H groups in total. The molecule has 0 bridgehead atoms. The summed E-state index contributed by atoms with van der Waals surface area (Å²) in [5, 5.41) is 18.4. The number of likely N-dealkylation sites (tertiary alicyclic amines) is 1. The van der Waals surface area contributed by atoms with Gasteiger partial charge in [0.15, 0.2) is 0 Å². The van der Waals surface area contributed by atoms with Crippen LogP contribution in [0.15, 0.2) is 72.8 Å². The Morgan fingerprint density at radius 1 is 0.919 bits per heavy atom. The maximum atomic E-state index is 13.3. The molecule has 2 fully saturated rings. The molecule has 1 amide bonds. The molecular weight excluding hydrogens is 475 g/mol. The van der Waals surface area contributed by atoms with Gasteiger partial charge in [0.1, 0.15) is 5.82 Å². The van der Waals surface area contributed by atoms with Gasteiger partial charge in [-0.15, -0.1) is 0 Å². The Morgan fingerprint density at radius 2 is 1.54 bits per heavy atom. The quantitative estimate of drug-likeness (QED) is 0.401. The highest BCUT2D eigenvalue weighted by Crippen LogP contribution is 2.47. The summed E-state index contributed by atoms with van der Waals surface area (Å²) >= 11 is 0. The van der Waals surface area contributed by atoms with Crippen molar-refractivity contribution in [3.05, 3.63) is 89.8 Å². The van der Waals surface area contributed by atoms with Crippen molar-refractivity contribution in [3.8, 4) is 0 Å². The van der Waals surface area contributed by atoms with Gasteiger partial charge >= 0.3 is 11.9 Å². The summed E-state index contributed by atoms with van der Waals surface area (Å²) in [6.07, 6.45) is 4.74. The molecule has 7 nitrogen and oxygen atoms in total. The first-order chi connectivity index (χ1) is 17.8. The molecular formula is C29H27FN2O5. The first kappa shape index (κ1) is 24.6. The standard InChI is InChI=1S/C25H23FN2O.C4H4O4/c26-19-7-9-20(10-8-19)28-23(29)16-25(28)11-13-27(14-12-25)22-15-18-5-1-3-17-4-2-6-21(22)24(17)18;5-3(6)1-2-4(7)8/h1-10,22H,11-16H2;1-2H,(H,5,6)(H,7,8)/b;2-1+. The van der Waals surface area contributed by atoms with Gasteiger partial charge in [0.05, 0.1) is 12.0 Å². The number of aliphatic carboxylic acids is 2. The van der Waals surface area contributed by atoms with Crippen molar-refractivity contribution in [2.45, 2.75) is 37.3 Å². The number of halogens is 1. The van der Waals surface area contributed by atoms with Crippen LogP contribution < -0.4 is 4.90 Å². The molecule has 2 heterocycles. The number of hydrogen-bond acceptors (Lipinski definition) is 4. The third kappa shape index (κ3) is 4.72. The molecule has 3 aromatic carbocycles. The number of carboxylic acids is 2. The zero-order valence-electron chi connectivity index (χ0n) is 20.1. The van der Waals surface area contributed by atoms with E-state index in [1.165, 1.54) is 34.0 Å². The van der Waals surface area contributed by atoms with Crippen molar-refractivity contribution < 1.29 is 29.0 Å². The van der Waals surface area contributed by atoms with Crippen molar-refractivity contribution in [2.24, 2.45) is 0 Å². The van der Waals surface area contributed by atoms with Crippen molar-refractivity contribution in [3.63, 3.8) is 0 Å². The summed E-state index contributed by atoms with van der Waals surface area (Å²) in [5.41, 5.74) is 3.64. The number of piperidine rings is 1. The topological polar surface area (TPSA) is 98.1 Å². The van der Waals surface area contributed by atoms with Crippen LogP contribution in [0.5, 0.6) is 0 Å². The maximum absolute atomic E-state index is 13.3. The van der Waals surface area contributed by atoms with Crippen LogP contribution in [0, 0.1) is 5.82 Å². The van der Waals surface area contributed by atoms with E-state index < -0.39 is 11.9 Å². The molecule has 1 unspecified atom stereocenters. The first-order valence-corrected chi connectivity index (χ1v) is 12.2. The van der Waals surface area contributed by atoms with Crippen LogP contribution in [-0.2, 0) is 20.8 Å². The Kier molecular flexibility index (Phi) is 6.52. The van der Waals surface area contributed by atoms with E-state index in [1.807, 2.05) is 4.90 Å². The first-order valence-electron chi connectivity index (χ1n) is 12.2. The minimum absolute atomic E-state index is 0.0944. The predicted molar refractivity (Wildman–Crippen MR) is 137 cm³/mol. The summed E-state index contributed by atoms with van der Waals surface area (Å²) in [4.78, 5) is 36.1. The number of benzene rings is 3. The van der Waals surface area contributed by atoms with E-state index in [0.29, 0.717) is 24.6 Å². The number of β-lactam (4-membered cyclic amide) rings is 1. The van der Waals surface area contributed by atoms with Crippen LogP contribution in [0.4, 0.5) is 10.1 Å². The van der Waals surface area contributed by atoms with E-state index in [0.717, 1.165) is 38.0 Å². The highest BCUT2D eigenvalue weighted by Gasteiger charge is 2.53. The third-order valence-electron chi connectivity index (χ3n) is 7.62. The average Bonchev–Trinajstić information content (AvgIpc) is 3.25. The smallest absolute Gasteiger partial charge is 0.328 e. The molecule has 3 aliphatic rings. The summed E-state index contributed by atoms with van der Waals surface area (Å²) in [5.74, 6) is -2.62. The summed E-state index contributed by atoms with van der Waals surface area (Å²) < 4.78 is 13.3. The van der Waals surface area contributed by atoms with Gasteiger partial charge in [0, 0.05) is 37.0 Å². The van der Waals surface area contributed by atoms with E-state index in [9.17, 15) is 18.8 Å². The predicted octanol–water partition coefficient (Wildman–Crippen LogP) is 4.56. The second-order valence-corrected chi connectivity index (χ2v) is 9.73. The minimum Gasteiger partial charge on any atom is -0.478 e. The molecule has 37 heavy (non-hydrogen) atoms. The molecule has 1 spiro atoms. The Balaban J connectivity index is 0.000000307. The highest BCUT2D eigenvalue weighted by atomic mass is 19.1. The van der Waals surface area contributed by atoms with Crippen LogP contribution in [-0.4, -0.2) is 51.6 Å². The van der Waals surface area contributed by atoms with Crippen LogP contribution in [0.25, 0.3) is 10.8 Å². The van der Waals surface area contributed by atoms with E-state index in [4.69, 9.17) is 10.2 Å². The third-order valence-corrected chi connectivity index (χ3v) is 7.62. The van der Waals surface area contributed by atoms with Crippen molar-refractivity contribution in [2.75, 3.05) is 18.0 Å². The molecule has 2 aliphatic heterocycles. The molecule has 2 saturated heterocycles. The van der Waals surface area contributed by atoms with Gasteiger partial charge in [-0.05, 0) is 65.4 Å². The van der Waals surface area contributed by atoms with Crippen molar-refractivity contribution in [1.29, 1.82) is 0 Å². The zero-order chi connectivity index (χ0) is 26.2. The van der Waals surface area contributed by atoms with Gasteiger partial charge in [-0.2, -0.15) is 0 Å². The van der Waals surface area contributed by atoms with Crippen LogP contribution >= 0.6 is 0 Å². The Labute approximate surface area is 213 Å². The zero-order valence-corrected chi connectivity index (χ0v) is 20.1. The van der Waals surface area contributed by atoms with Crippen LogP contribution in [0.2, 0.25) is 0 Å². The van der Waals surface area contributed by atoms with E-state index in [2.05, 4.69) is 41.3 Å². The van der Waals surface area contributed by atoms with Gasteiger partial charge < -0.3 is 15.1 Å². The van der Waals surface area contributed by atoms with Gasteiger partial charge in [-0.1, -0.05) is 36.4 Å². The van der Waals surface area contributed by atoms with Gasteiger partial charge in [-0.25, -0.2) is 14.0 Å². The SMILES string of the molecule is O=C(O)/C=C/C(=O)O.O=C1CC2(CCN(C3Cc4cccc5cccc3c45)CC2)N1c1ccc(F)cc1. The number of hydrogen-bond donors (Lipinski definition) is 2. The van der Waals surface area contributed by atoms with E-state index in [1.54, 1.807) is 12.1 Å². The van der Waals surface area contributed by atoms with E-state index >= 15 is 0 Å². The molecule has 3 aromatic rings. The van der Waals surface area contributed by atoms with Crippen LogP contribution in [0.3, 0.4) is 0 Å². The fourth-order valence-corrected chi connectivity index (χ4v) is 5.96. The number of carboxylic acid groups (broad SMARTS) is 2. The monoisotopic (exact) mass is 502 g/mol. The molecule has 1 aliphatic carbocycles. The van der Waals surface area contributed by atoms with Gasteiger partial charge in [0.2, 0.25) is 5.91 Å². The Hall–Kier alpha value is -4.04. The van der Waals surface area contributed by atoms with Crippen molar-refractivity contribution >= 4 is 34.3 Å². The number of carbonyl (C=O) groups is 3. The minimum atomic E-state index is -1.26. The normalized spacial score (nSPS) is 20.1. The fourth-order valence-electron chi connectivity index (χ4n) is 5.96. The molecule has 8 heteroatoms. The number of rotatable bonds is 4. The Morgan fingerprint density at radius 3 is 2.14 bits per heavy atom. The molecule has 0 saturated carbocycles. The van der Waals surface area contributed by atoms with E-state index in [-0.39, 0.29) is 17.3 Å².